The molecule has 26 heavy (non-hydrogen) atoms. The molecule has 2 N–H and O–H groups in total. The zero-order chi connectivity index (χ0) is 19.7. The van der Waals surface area contributed by atoms with Gasteiger partial charge >= 0.3 is 12.1 Å². The van der Waals surface area contributed by atoms with E-state index in [2.05, 4.69) is 20.3 Å². The number of aryl methyl sites for hydroxylation is 1. The standard InChI is InChI=1S/C14H16N4O.C2HF3O2/c1-10-5-12(8-16-7-10)14(19)18-11(2)6-13-9-15-3-4-17-13;3-2(4,5)1(6)7/h3-5,7-9,11H,6H2,1-2H3,(H,18,19);(H,6,7). The first-order chi connectivity index (χ1) is 12.1. The molecule has 1 atom stereocenters. The van der Waals surface area contributed by atoms with E-state index < -0.39 is 12.1 Å². The molecule has 0 aromatic carbocycles. The third-order valence-corrected chi connectivity index (χ3v) is 2.89. The second-order valence-corrected chi connectivity index (χ2v) is 5.33. The van der Waals surface area contributed by atoms with Gasteiger partial charge in [0.2, 0.25) is 0 Å². The molecule has 0 aliphatic heterocycles. The molecule has 1 unspecified atom stereocenters. The van der Waals surface area contributed by atoms with Crippen LogP contribution in [0.3, 0.4) is 0 Å². The summed E-state index contributed by atoms with van der Waals surface area (Å²) in [6, 6.07) is 1.81. The average Bonchev–Trinajstić information content (AvgIpc) is 2.55. The van der Waals surface area contributed by atoms with Gasteiger partial charge in [-0.05, 0) is 25.5 Å². The Kier molecular flexibility index (Phi) is 7.63. The van der Waals surface area contributed by atoms with E-state index >= 15 is 0 Å². The fraction of sp³-hybridized carbons (Fsp3) is 0.312. The van der Waals surface area contributed by atoms with Gasteiger partial charge in [-0.3, -0.25) is 19.7 Å². The molecule has 10 heteroatoms. The molecule has 1 amide bonds. The summed E-state index contributed by atoms with van der Waals surface area (Å²) >= 11 is 0. The number of aliphatic carboxylic acids is 1. The van der Waals surface area contributed by atoms with Crippen molar-refractivity contribution in [2.24, 2.45) is 0 Å². The van der Waals surface area contributed by atoms with Gasteiger partial charge in [0.15, 0.2) is 0 Å². The van der Waals surface area contributed by atoms with Crippen molar-refractivity contribution in [2.45, 2.75) is 32.5 Å². The summed E-state index contributed by atoms with van der Waals surface area (Å²) in [4.78, 5) is 33.1. The van der Waals surface area contributed by atoms with Crippen LogP contribution in [0.2, 0.25) is 0 Å². The minimum Gasteiger partial charge on any atom is -0.475 e. The topological polar surface area (TPSA) is 105 Å². The Morgan fingerprint density at radius 2 is 1.85 bits per heavy atom. The lowest BCUT2D eigenvalue weighted by atomic mass is 10.1. The minimum atomic E-state index is -5.08. The van der Waals surface area contributed by atoms with Crippen molar-refractivity contribution in [3.05, 3.63) is 53.9 Å². The van der Waals surface area contributed by atoms with Gasteiger partial charge < -0.3 is 10.4 Å². The van der Waals surface area contributed by atoms with Crippen LogP contribution in [0.4, 0.5) is 13.2 Å². The SMILES string of the molecule is Cc1cncc(C(=O)NC(C)Cc2cnccn2)c1.O=C(O)C(F)(F)F. The lowest BCUT2D eigenvalue weighted by molar-refractivity contribution is -0.192. The number of nitrogens with zero attached hydrogens (tertiary/aromatic N) is 3. The molecule has 0 aliphatic rings. The smallest absolute Gasteiger partial charge is 0.475 e. The van der Waals surface area contributed by atoms with Crippen LogP contribution < -0.4 is 5.32 Å². The van der Waals surface area contributed by atoms with Crippen molar-refractivity contribution in [1.29, 1.82) is 0 Å². The van der Waals surface area contributed by atoms with Gasteiger partial charge in [0.05, 0.1) is 11.3 Å². The van der Waals surface area contributed by atoms with E-state index in [1.807, 2.05) is 19.9 Å². The molecule has 0 saturated heterocycles. The first kappa shape index (κ1) is 21.0. The number of carboxylic acids is 1. The Bertz CT molecular complexity index is 739. The van der Waals surface area contributed by atoms with Crippen LogP contribution in [-0.2, 0) is 11.2 Å². The molecule has 0 aliphatic carbocycles. The van der Waals surface area contributed by atoms with E-state index in [1.165, 1.54) is 0 Å². The number of carbonyl (C=O) groups is 2. The molecule has 0 bridgehead atoms. The zero-order valence-corrected chi connectivity index (χ0v) is 14.0. The summed E-state index contributed by atoms with van der Waals surface area (Å²) in [6.07, 6.45) is 3.84. The van der Waals surface area contributed by atoms with E-state index in [1.54, 1.807) is 31.0 Å². The van der Waals surface area contributed by atoms with Gasteiger partial charge in [-0.1, -0.05) is 0 Å². The molecule has 2 aromatic heterocycles. The molecule has 2 heterocycles. The number of amides is 1. The van der Waals surface area contributed by atoms with Crippen LogP contribution in [-0.4, -0.2) is 44.2 Å². The van der Waals surface area contributed by atoms with E-state index in [0.29, 0.717) is 12.0 Å². The predicted molar refractivity (Wildman–Crippen MR) is 85.3 cm³/mol. The third-order valence-electron chi connectivity index (χ3n) is 2.89. The molecular weight excluding hydrogens is 353 g/mol. The van der Waals surface area contributed by atoms with Crippen LogP contribution in [0.5, 0.6) is 0 Å². The Labute approximate surface area is 147 Å². The first-order valence-corrected chi connectivity index (χ1v) is 7.37. The van der Waals surface area contributed by atoms with E-state index in [0.717, 1.165) is 11.3 Å². The molecule has 0 saturated carbocycles. The lowest BCUT2D eigenvalue weighted by Crippen LogP contribution is -2.34. The third kappa shape index (κ3) is 7.69. The van der Waals surface area contributed by atoms with E-state index in [4.69, 9.17) is 9.90 Å². The van der Waals surface area contributed by atoms with Crippen molar-refractivity contribution in [3.8, 4) is 0 Å². The van der Waals surface area contributed by atoms with Gasteiger partial charge in [0.1, 0.15) is 0 Å². The summed E-state index contributed by atoms with van der Waals surface area (Å²) in [5, 5.41) is 10.1. The van der Waals surface area contributed by atoms with Crippen molar-refractivity contribution in [2.75, 3.05) is 0 Å². The fourth-order valence-electron chi connectivity index (χ4n) is 1.79. The number of halogens is 3. The average molecular weight is 370 g/mol. The monoisotopic (exact) mass is 370 g/mol. The fourth-order valence-corrected chi connectivity index (χ4v) is 1.79. The van der Waals surface area contributed by atoms with Crippen molar-refractivity contribution < 1.29 is 27.9 Å². The van der Waals surface area contributed by atoms with Crippen LogP contribution in [0.15, 0.2) is 37.1 Å². The zero-order valence-electron chi connectivity index (χ0n) is 14.0. The number of aromatic nitrogens is 3. The lowest BCUT2D eigenvalue weighted by Gasteiger charge is -2.13. The highest BCUT2D eigenvalue weighted by Gasteiger charge is 2.38. The summed E-state index contributed by atoms with van der Waals surface area (Å²) in [7, 11) is 0. The van der Waals surface area contributed by atoms with Crippen LogP contribution in [0, 0.1) is 6.92 Å². The maximum Gasteiger partial charge on any atom is 0.490 e. The molecule has 140 valence electrons. The molecule has 0 radical (unpaired) electrons. The highest BCUT2D eigenvalue weighted by molar-refractivity contribution is 5.94. The Morgan fingerprint density at radius 1 is 1.19 bits per heavy atom. The number of hydrogen-bond acceptors (Lipinski definition) is 5. The van der Waals surface area contributed by atoms with E-state index in [9.17, 15) is 18.0 Å². The van der Waals surface area contributed by atoms with Gasteiger partial charge in [-0.15, -0.1) is 0 Å². The molecule has 0 fully saturated rings. The largest absolute Gasteiger partial charge is 0.490 e. The van der Waals surface area contributed by atoms with Crippen LogP contribution in [0.25, 0.3) is 0 Å². The van der Waals surface area contributed by atoms with Gasteiger partial charge in [0.25, 0.3) is 5.91 Å². The second-order valence-electron chi connectivity index (χ2n) is 5.33. The predicted octanol–water partition coefficient (Wildman–Crippen LogP) is 2.17. The molecular formula is C16H17F3N4O3. The van der Waals surface area contributed by atoms with Crippen LogP contribution in [0.1, 0.15) is 28.5 Å². The van der Waals surface area contributed by atoms with Crippen molar-refractivity contribution in [3.63, 3.8) is 0 Å². The maximum atomic E-state index is 12.0. The van der Waals surface area contributed by atoms with Gasteiger partial charge in [0, 0.05) is 43.4 Å². The highest BCUT2D eigenvalue weighted by Crippen LogP contribution is 2.13. The Balaban J connectivity index is 0.000000412. The number of pyridine rings is 1. The Morgan fingerprint density at radius 3 is 2.35 bits per heavy atom. The summed E-state index contributed by atoms with van der Waals surface area (Å²) in [6.45, 7) is 3.85. The summed E-state index contributed by atoms with van der Waals surface area (Å²) in [5.74, 6) is -2.87. The normalized spacial score (nSPS) is 11.7. The quantitative estimate of drug-likeness (QED) is 0.855. The van der Waals surface area contributed by atoms with E-state index in [-0.39, 0.29) is 11.9 Å². The number of hydrogen-bond donors (Lipinski definition) is 2. The maximum absolute atomic E-state index is 12.0. The van der Waals surface area contributed by atoms with Crippen molar-refractivity contribution in [1.82, 2.24) is 20.3 Å². The summed E-state index contributed by atoms with van der Waals surface area (Å²) in [5.41, 5.74) is 2.40. The number of carboxylic acid groups (broad SMARTS) is 1. The highest BCUT2D eigenvalue weighted by atomic mass is 19.4. The molecule has 7 nitrogen and oxygen atoms in total. The van der Waals surface area contributed by atoms with Gasteiger partial charge in [-0.25, -0.2) is 4.79 Å². The second kappa shape index (κ2) is 9.44. The number of carbonyl (C=O) groups excluding carboxylic acids is 1. The van der Waals surface area contributed by atoms with Crippen LogP contribution >= 0.6 is 0 Å². The first-order valence-electron chi connectivity index (χ1n) is 7.37. The van der Waals surface area contributed by atoms with Crippen molar-refractivity contribution >= 4 is 11.9 Å². The number of rotatable bonds is 4. The number of alkyl halides is 3. The molecule has 2 aromatic rings. The summed E-state index contributed by atoms with van der Waals surface area (Å²) < 4.78 is 31.7. The number of nitrogens with one attached hydrogen (secondary N) is 1. The Hall–Kier alpha value is -3.04. The molecule has 2 rings (SSSR count). The van der Waals surface area contributed by atoms with Gasteiger partial charge in [-0.2, -0.15) is 13.2 Å². The minimum absolute atomic E-state index is 0.00953. The molecule has 0 spiro atoms.